The van der Waals surface area contributed by atoms with Crippen molar-refractivity contribution in [3.8, 4) is 6.07 Å². The lowest BCUT2D eigenvalue weighted by Gasteiger charge is -2.41. The molecule has 3 nitrogen and oxygen atoms in total. The summed E-state index contributed by atoms with van der Waals surface area (Å²) in [6.07, 6.45) is 4.84. The van der Waals surface area contributed by atoms with Crippen LogP contribution in [0, 0.1) is 11.3 Å². The van der Waals surface area contributed by atoms with E-state index < -0.39 is 5.54 Å². The molecule has 0 aromatic carbocycles. The lowest BCUT2D eigenvalue weighted by molar-refractivity contribution is 0.0962. The van der Waals surface area contributed by atoms with E-state index in [9.17, 15) is 5.26 Å². The molecule has 18 heavy (non-hydrogen) atoms. The first-order valence-corrected chi connectivity index (χ1v) is 7.32. The van der Waals surface area contributed by atoms with Crippen LogP contribution < -0.4 is 5.32 Å². The van der Waals surface area contributed by atoms with E-state index >= 15 is 0 Å². The van der Waals surface area contributed by atoms with Gasteiger partial charge in [-0.1, -0.05) is 6.42 Å². The average molecular weight is 251 g/mol. The molecule has 1 aliphatic rings. The largest absolute Gasteiger partial charge is 0.298 e. The smallest absolute Gasteiger partial charge is 0.105 e. The van der Waals surface area contributed by atoms with Crippen LogP contribution in [0.4, 0.5) is 0 Å². The van der Waals surface area contributed by atoms with Crippen LogP contribution in [0.2, 0.25) is 0 Å². The van der Waals surface area contributed by atoms with Gasteiger partial charge in [0.25, 0.3) is 0 Å². The highest BCUT2D eigenvalue weighted by molar-refractivity contribution is 5.06. The van der Waals surface area contributed by atoms with Crippen LogP contribution >= 0.6 is 0 Å². The predicted octanol–water partition coefficient (Wildman–Crippen LogP) is 2.92. The number of nitriles is 1. The fourth-order valence-corrected chi connectivity index (χ4v) is 3.26. The van der Waals surface area contributed by atoms with Gasteiger partial charge in [-0.25, -0.2) is 0 Å². The Morgan fingerprint density at radius 2 is 2.06 bits per heavy atom. The van der Waals surface area contributed by atoms with Crippen molar-refractivity contribution in [2.24, 2.45) is 0 Å². The van der Waals surface area contributed by atoms with E-state index in [1.165, 1.54) is 25.8 Å². The van der Waals surface area contributed by atoms with Crippen molar-refractivity contribution < 1.29 is 0 Å². The molecule has 1 rings (SSSR count). The minimum absolute atomic E-state index is 0.348. The van der Waals surface area contributed by atoms with E-state index in [0.29, 0.717) is 18.1 Å². The minimum atomic E-state index is -0.412. The summed E-state index contributed by atoms with van der Waals surface area (Å²) in [5.74, 6) is 0. The molecule has 1 heterocycles. The van der Waals surface area contributed by atoms with Crippen molar-refractivity contribution in [2.45, 2.75) is 84.0 Å². The molecule has 0 aliphatic carbocycles. The maximum atomic E-state index is 9.42. The second-order valence-corrected chi connectivity index (χ2v) is 6.38. The number of hydrogen-bond donors (Lipinski definition) is 1. The zero-order chi connectivity index (χ0) is 13.8. The Balaban J connectivity index is 2.61. The third-order valence-electron chi connectivity index (χ3n) is 3.98. The van der Waals surface area contributed by atoms with Gasteiger partial charge in [-0.2, -0.15) is 5.26 Å². The molecule has 1 fully saturated rings. The Hall–Kier alpha value is -0.590. The highest BCUT2D eigenvalue weighted by Gasteiger charge is 2.31. The first kappa shape index (κ1) is 15.5. The fourth-order valence-electron chi connectivity index (χ4n) is 3.26. The van der Waals surface area contributed by atoms with Gasteiger partial charge in [0.1, 0.15) is 5.54 Å². The first-order valence-electron chi connectivity index (χ1n) is 7.32. The van der Waals surface area contributed by atoms with Crippen LogP contribution in [0.25, 0.3) is 0 Å². The second-order valence-electron chi connectivity index (χ2n) is 6.38. The van der Waals surface area contributed by atoms with E-state index in [1.807, 2.05) is 6.92 Å². The first-order chi connectivity index (χ1) is 8.38. The molecule has 0 spiro atoms. The highest BCUT2D eigenvalue weighted by Crippen LogP contribution is 2.24. The average Bonchev–Trinajstić information content (AvgIpc) is 2.28. The number of nitrogens with one attached hydrogen (secondary N) is 1. The Morgan fingerprint density at radius 3 is 2.56 bits per heavy atom. The van der Waals surface area contributed by atoms with E-state index in [1.54, 1.807) is 0 Å². The Kier molecular flexibility index (Phi) is 5.62. The maximum absolute atomic E-state index is 9.42. The molecule has 3 heteroatoms. The summed E-state index contributed by atoms with van der Waals surface area (Å²) in [7, 11) is 0. The van der Waals surface area contributed by atoms with Gasteiger partial charge in [0.05, 0.1) is 6.07 Å². The summed E-state index contributed by atoms with van der Waals surface area (Å²) in [5, 5.41) is 12.8. The van der Waals surface area contributed by atoms with Crippen molar-refractivity contribution in [3.05, 3.63) is 0 Å². The SMILES string of the molecule is CC(C)NC(C)(C#N)CC(C)N1CCCCC1C. The van der Waals surface area contributed by atoms with Gasteiger partial charge < -0.3 is 0 Å². The molecule has 3 unspecified atom stereocenters. The van der Waals surface area contributed by atoms with Crippen LogP contribution in [0.1, 0.15) is 60.3 Å². The van der Waals surface area contributed by atoms with Gasteiger partial charge in [-0.3, -0.25) is 10.2 Å². The molecule has 0 aromatic heterocycles. The third-order valence-corrected chi connectivity index (χ3v) is 3.98. The van der Waals surface area contributed by atoms with Crippen LogP contribution in [0.5, 0.6) is 0 Å². The van der Waals surface area contributed by atoms with Crippen LogP contribution in [-0.4, -0.2) is 35.1 Å². The van der Waals surface area contributed by atoms with Crippen LogP contribution in [0.3, 0.4) is 0 Å². The van der Waals surface area contributed by atoms with E-state index in [0.717, 1.165) is 6.42 Å². The lowest BCUT2D eigenvalue weighted by atomic mass is 9.91. The van der Waals surface area contributed by atoms with Gasteiger partial charge in [0.15, 0.2) is 0 Å². The predicted molar refractivity (Wildman–Crippen MR) is 76.4 cm³/mol. The van der Waals surface area contributed by atoms with Crippen molar-refractivity contribution in [2.75, 3.05) is 6.54 Å². The van der Waals surface area contributed by atoms with Gasteiger partial charge in [0, 0.05) is 18.1 Å². The molecule has 104 valence electrons. The molecule has 0 radical (unpaired) electrons. The number of piperidine rings is 1. The number of nitrogens with zero attached hydrogens (tertiary/aromatic N) is 2. The number of hydrogen-bond acceptors (Lipinski definition) is 3. The van der Waals surface area contributed by atoms with Crippen LogP contribution in [-0.2, 0) is 0 Å². The molecule has 0 bridgehead atoms. The van der Waals surface area contributed by atoms with Gasteiger partial charge in [-0.05, 0) is 60.4 Å². The highest BCUT2D eigenvalue weighted by atomic mass is 15.2. The zero-order valence-corrected chi connectivity index (χ0v) is 12.7. The molecule has 3 atom stereocenters. The zero-order valence-electron chi connectivity index (χ0n) is 12.7. The summed E-state index contributed by atoms with van der Waals surface area (Å²) in [6.45, 7) is 12.0. The van der Waals surface area contributed by atoms with Crippen molar-refractivity contribution >= 4 is 0 Å². The molecule has 0 aromatic rings. The maximum Gasteiger partial charge on any atom is 0.105 e. The summed E-state index contributed by atoms with van der Waals surface area (Å²) in [6, 6.07) is 3.94. The van der Waals surface area contributed by atoms with Crippen molar-refractivity contribution in [1.82, 2.24) is 10.2 Å². The fraction of sp³-hybridized carbons (Fsp3) is 0.933. The molecule has 1 saturated heterocycles. The van der Waals surface area contributed by atoms with Gasteiger partial charge >= 0.3 is 0 Å². The molecule has 0 saturated carbocycles. The number of rotatable bonds is 5. The molecular formula is C15H29N3. The van der Waals surface area contributed by atoms with Crippen molar-refractivity contribution in [1.29, 1.82) is 5.26 Å². The minimum Gasteiger partial charge on any atom is -0.298 e. The normalized spacial score (nSPS) is 26.6. The third kappa shape index (κ3) is 4.26. The summed E-state index contributed by atoms with van der Waals surface area (Å²) in [4.78, 5) is 2.57. The quantitative estimate of drug-likeness (QED) is 0.816. The summed E-state index contributed by atoms with van der Waals surface area (Å²) in [5.41, 5.74) is -0.412. The topological polar surface area (TPSA) is 39.1 Å². The number of likely N-dealkylation sites (tertiary alicyclic amines) is 1. The molecular weight excluding hydrogens is 222 g/mol. The van der Waals surface area contributed by atoms with Crippen LogP contribution in [0.15, 0.2) is 0 Å². The summed E-state index contributed by atoms with van der Waals surface area (Å²) < 4.78 is 0. The van der Waals surface area contributed by atoms with E-state index in [2.05, 4.69) is 44.0 Å². The Labute approximate surface area is 113 Å². The van der Waals surface area contributed by atoms with E-state index in [4.69, 9.17) is 0 Å². The molecule has 0 amide bonds. The van der Waals surface area contributed by atoms with E-state index in [-0.39, 0.29) is 0 Å². The van der Waals surface area contributed by atoms with Gasteiger partial charge in [-0.15, -0.1) is 0 Å². The monoisotopic (exact) mass is 251 g/mol. The molecule has 1 aliphatic heterocycles. The van der Waals surface area contributed by atoms with Crippen molar-refractivity contribution in [3.63, 3.8) is 0 Å². The second kappa shape index (κ2) is 6.54. The summed E-state index contributed by atoms with van der Waals surface area (Å²) >= 11 is 0. The Bertz CT molecular complexity index is 295. The van der Waals surface area contributed by atoms with Gasteiger partial charge in [0.2, 0.25) is 0 Å². The molecule has 1 N–H and O–H groups in total. The lowest BCUT2D eigenvalue weighted by Crippen LogP contribution is -2.52. The standard InChI is InChI=1S/C15H29N3/c1-12(2)17-15(5,11-16)10-14(4)18-9-7-6-8-13(18)3/h12-14,17H,6-10H2,1-5H3. The Morgan fingerprint density at radius 1 is 1.39 bits per heavy atom.